The maximum Gasteiger partial charge on any atom is 0.410 e. The summed E-state index contributed by atoms with van der Waals surface area (Å²) in [7, 11) is 0. The number of rotatable bonds is 10. The number of aliphatic hydroxyl groups is 1. The van der Waals surface area contributed by atoms with E-state index in [0.29, 0.717) is 11.3 Å². The molecule has 3 heterocycles. The average Bonchev–Trinajstić information content (AvgIpc) is 3.36. The molecule has 0 unspecified atom stereocenters. The molecule has 0 aromatic carbocycles. The molecular formula is C25H34N4O8S. The Morgan fingerprint density at radius 1 is 1.26 bits per heavy atom. The molecule has 0 aromatic rings. The van der Waals surface area contributed by atoms with Gasteiger partial charge >= 0.3 is 12.1 Å². The molecule has 3 rings (SSSR count). The van der Waals surface area contributed by atoms with Gasteiger partial charge in [-0.05, 0) is 13.3 Å². The summed E-state index contributed by atoms with van der Waals surface area (Å²) in [4.78, 5) is 53.7. The minimum absolute atomic E-state index is 0.00587. The van der Waals surface area contributed by atoms with E-state index in [2.05, 4.69) is 23.6 Å². The highest BCUT2D eigenvalue weighted by Gasteiger charge is 2.60. The number of fused-ring (bicyclic) bond motifs is 1. The summed E-state index contributed by atoms with van der Waals surface area (Å²) in [6.45, 7) is 12.1. The summed E-state index contributed by atoms with van der Waals surface area (Å²) < 4.78 is 10.5. The second-order valence-corrected chi connectivity index (χ2v) is 10.8. The van der Waals surface area contributed by atoms with Gasteiger partial charge in [-0.3, -0.25) is 9.59 Å². The average molecular weight is 551 g/mol. The molecule has 13 heteroatoms. The number of carbonyl (C=O) groups is 4. The highest BCUT2D eigenvalue weighted by Crippen LogP contribution is 2.52. The molecule has 12 nitrogen and oxygen atoms in total. The van der Waals surface area contributed by atoms with Crippen LogP contribution in [-0.4, -0.2) is 93.0 Å². The van der Waals surface area contributed by atoms with E-state index in [1.165, 1.54) is 40.6 Å². The zero-order valence-corrected chi connectivity index (χ0v) is 22.5. The lowest BCUT2D eigenvalue weighted by Crippen LogP contribution is -2.63. The minimum atomic E-state index is -0.878. The summed E-state index contributed by atoms with van der Waals surface area (Å²) in [6.07, 6.45) is 1.90. The number of amides is 3. The monoisotopic (exact) mass is 550 g/mol. The molecule has 3 aliphatic rings. The van der Waals surface area contributed by atoms with E-state index in [0.717, 1.165) is 0 Å². The molecule has 3 aliphatic heterocycles. The van der Waals surface area contributed by atoms with Gasteiger partial charge < -0.3 is 34.9 Å². The molecule has 38 heavy (non-hydrogen) atoms. The summed E-state index contributed by atoms with van der Waals surface area (Å²) in [5.41, 5.74) is 0.149. The standard InChI is InChI=1S/C25H34N4O8S/c1-6-8-36-24(33)21-22(13(3)20-19(14(4)30)23(32)29(20)21)38-17-10-16(11-18(27-35)26-15(5)31)28(12-17)25(34)37-9-7-2/h6-7,13-14,16-17,19-20,30,35H,1-2,8-12H2,3-5H3,(H,26,27,31)/t13-,14-,16+,17+,19+,20-/m1/s1. The predicted molar refractivity (Wildman–Crippen MR) is 139 cm³/mol. The van der Waals surface area contributed by atoms with Gasteiger partial charge in [-0.25, -0.2) is 9.59 Å². The minimum Gasteiger partial charge on any atom is -0.457 e. The first kappa shape index (κ1) is 29.2. The van der Waals surface area contributed by atoms with Crippen molar-refractivity contribution in [3.05, 3.63) is 35.9 Å². The van der Waals surface area contributed by atoms with Gasteiger partial charge in [0.15, 0.2) is 0 Å². The number of esters is 1. The van der Waals surface area contributed by atoms with Crippen molar-refractivity contribution in [2.75, 3.05) is 19.8 Å². The van der Waals surface area contributed by atoms with E-state index in [-0.39, 0.29) is 60.8 Å². The van der Waals surface area contributed by atoms with Gasteiger partial charge in [0.2, 0.25) is 11.8 Å². The Hall–Kier alpha value is -3.32. The fourth-order valence-corrected chi connectivity index (χ4v) is 6.74. The number of aliphatic hydroxyl groups excluding tert-OH is 1. The van der Waals surface area contributed by atoms with Gasteiger partial charge in [0.1, 0.15) is 24.7 Å². The first-order valence-corrected chi connectivity index (χ1v) is 13.2. The quantitative estimate of drug-likeness (QED) is 0.0699. The van der Waals surface area contributed by atoms with Gasteiger partial charge in [0.05, 0.1) is 18.1 Å². The molecule has 0 spiro atoms. The summed E-state index contributed by atoms with van der Waals surface area (Å²) in [5.74, 6) is -2.29. The van der Waals surface area contributed by atoms with Crippen LogP contribution < -0.4 is 5.32 Å². The van der Waals surface area contributed by atoms with Crippen LogP contribution in [-0.2, 0) is 23.9 Å². The smallest absolute Gasteiger partial charge is 0.410 e. The van der Waals surface area contributed by atoms with E-state index in [4.69, 9.17) is 9.47 Å². The Morgan fingerprint density at radius 2 is 1.92 bits per heavy atom. The van der Waals surface area contributed by atoms with E-state index in [1.807, 2.05) is 6.92 Å². The molecule has 0 aliphatic carbocycles. The zero-order chi connectivity index (χ0) is 28.1. The Labute approximate surface area is 225 Å². The van der Waals surface area contributed by atoms with Gasteiger partial charge in [-0.2, -0.15) is 0 Å². The number of carbonyl (C=O) groups excluding carboxylic acids is 4. The Kier molecular flexibility index (Phi) is 9.60. The van der Waals surface area contributed by atoms with Crippen molar-refractivity contribution in [2.24, 2.45) is 17.0 Å². The van der Waals surface area contributed by atoms with Crippen LogP contribution in [0.1, 0.15) is 33.6 Å². The van der Waals surface area contributed by atoms with E-state index in [9.17, 15) is 29.5 Å². The summed E-state index contributed by atoms with van der Waals surface area (Å²) in [6, 6.07) is -0.852. The lowest BCUT2D eigenvalue weighted by molar-refractivity contribution is -0.164. The topological polar surface area (TPSA) is 158 Å². The van der Waals surface area contributed by atoms with E-state index >= 15 is 0 Å². The number of likely N-dealkylation sites (tertiary alicyclic amines) is 1. The van der Waals surface area contributed by atoms with Crippen LogP contribution in [0.5, 0.6) is 0 Å². The maximum atomic E-state index is 13.0. The van der Waals surface area contributed by atoms with Crippen LogP contribution >= 0.6 is 11.8 Å². The maximum absolute atomic E-state index is 13.0. The largest absolute Gasteiger partial charge is 0.457 e. The highest BCUT2D eigenvalue weighted by molar-refractivity contribution is 8.03. The lowest BCUT2D eigenvalue weighted by Gasteiger charge is -2.46. The molecule has 0 aromatic heterocycles. The van der Waals surface area contributed by atoms with E-state index in [1.54, 1.807) is 6.92 Å². The van der Waals surface area contributed by atoms with Gasteiger partial charge in [-0.15, -0.1) is 11.8 Å². The molecule has 3 amide bonds. The number of ether oxygens (including phenoxy) is 2. The van der Waals surface area contributed by atoms with Crippen molar-refractivity contribution in [1.82, 2.24) is 15.1 Å². The van der Waals surface area contributed by atoms with Crippen molar-refractivity contribution in [3.63, 3.8) is 0 Å². The number of nitrogens with zero attached hydrogens (tertiary/aromatic N) is 3. The lowest BCUT2D eigenvalue weighted by atomic mass is 9.79. The van der Waals surface area contributed by atoms with Crippen LogP contribution in [0.25, 0.3) is 0 Å². The third-order valence-electron chi connectivity index (χ3n) is 6.73. The van der Waals surface area contributed by atoms with Crippen LogP contribution in [0.3, 0.4) is 0 Å². The first-order valence-electron chi connectivity index (χ1n) is 12.3. The van der Waals surface area contributed by atoms with Crippen molar-refractivity contribution in [3.8, 4) is 0 Å². The summed E-state index contributed by atoms with van der Waals surface area (Å²) >= 11 is 1.37. The molecule has 0 radical (unpaired) electrons. The first-order chi connectivity index (χ1) is 18.0. The van der Waals surface area contributed by atoms with E-state index < -0.39 is 36.0 Å². The van der Waals surface area contributed by atoms with Crippen LogP contribution in [0, 0.1) is 11.8 Å². The molecule has 2 saturated heterocycles. The molecule has 208 valence electrons. The Morgan fingerprint density at radius 3 is 2.50 bits per heavy atom. The van der Waals surface area contributed by atoms with Crippen molar-refractivity contribution >= 4 is 41.5 Å². The fraction of sp³-hybridized carbons (Fsp3) is 0.560. The fourth-order valence-electron chi connectivity index (χ4n) is 5.18. The SMILES string of the molecule is C=CCOC(=O)C1=C(S[C@H]2C[C@@H](C/C(=N/O)NC(C)=O)N(C(=O)OCC=C)C2)[C@H](C)[C@@H]2[C@H]([C@@H](C)O)C(=O)N12. The zero-order valence-electron chi connectivity index (χ0n) is 21.7. The molecule has 0 saturated carbocycles. The van der Waals surface area contributed by atoms with Crippen LogP contribution in [0.4, 0.5) is 4.79 Å². The number of oxime groups is 1. The van der Waals surface area contributed by atoms with Gasteiger partial charge in [0, 0.05) is 42.0 Å². The van der Waals surface area contributed by atoms with Crippen LogP contribution in [0.15, 0.2) is 41.1 Å². The molecule has 2 fully saturated rings. The molecule has 3 N–H and O–H groups in total. The number of nitrogens with one attached hydrogen (secondary N) is 1. The third kappa shape index (κ3) is 5.88. The summed E-state index contributed by atoms with van der Waals surface area (Å²) in [5, 5.41) is 24.9. The van der Waals surface area contributed by atoms with Gasteiger partial charge in [0.25, 0.3) is 0 Å². The van der Waals surface area contributed by atoms with Crippen LogP contribution in [0.2, 0.25) is 0 Å². The van der Waals surface area contributed by atoms with Gasteiger partial charge in [-0.1, -0.05) is 37.4 Å². The number of thioether (sulfide) groups is 1. The number of hydrogen-bond acceptors (Lipinski definition) is 10. The number of amidine groups is 1. The highest BCUT2D eigenvalue weighted by atomic mass is 32.2. The molecule has 6 atom stereocenters. The second-order valence-electron chi connectivity index (χ2n) is 9.43. The second kappa shape index (κ2) is 12.5. The van der Waals surface area contributed by atoms with Crippen molar-refractivity contribution < 1.29 is 39.0 Å². The number of β-lactam (4-membered cyclic amide) rings is 1. The van der Waals surface area contributed by atoms with Crippen molar-refractivity contribution in [2.45, 2.75) is 57.1 Å². The molecule has 0 bridgehead atoms. The normalized spacial score (nSPS) is 27.4. The Bertz CT molecular complexity index is 1060. The third-order valence-corrected chi connectivity index (χ3v) is 8.23. The predicted octanol–water partition coefficient (Wildman–Crippen LogP) is 1.60. The Balaban J connectivity index is 1.88. The van der Waals surface area contributed by atoms with Crippen molar-refractivity contribution in [1.29, 1.82) is 0 Å². The molecular weight excluding hydrogens is 516 g/mol. The number of hydrogen-bond donors (Lipinski definition) is 3.